The minimum atomic E-state index is -0.705. The van der Waals surface area contributed by atoms with Crippen molar-refractivity contribution in [1.82, 2.24) is 0 Å². The highest BCUT2D eigenvalue weighted by atomic mass is 16.3. The molecule has 2 unspecified atom stereocenters. The number of hydrogen-bond acceptors (Lipinski definition) is 2. The van der Waals surface area contributed by atoms with Crippen LogP contribution in [0.15, 0.2) is 84.5 Å². The molecule has 0 heterocycles. The Hall–Kier alpha value is -2.45. The summed E-state index contributed by atoms with van der Waals surface area (Å²) in [7, 11) is 0. The van der Waals surface area contributed by atoms with Crippen LogP contribution in [0.5, 0.6) is 0 Å². The Morgan fingerprint density at radius 1 is 0.952 bits per heavy atom. The van der Waals surface area contributed by atoms with Crippen LogP contribution in [0.4, 0.5) is 0 Å². The summed E-state index contributed by atoms with van der Waals surface area (Å²) < 4.78 is 0. The number of allylic oxidation sites excluding steroid dienone is 2. The van der Waals surface area contributed by atoms with E-state index in [0.29, 0.717) is 11.1 Å². The summed E-state index contributed by atoms with van der Waals surface area (Å²) in [5.41, 5.74) is 2.11. The fraction of sp³-hybridized carbons (Fsp3) is 0.105. The summed E-state index contributed by atoms with van der Waals surface area (Å²) in [6, 6.07) is 18.6. The van der Waals surface area contributed by atoms with Crippen molar-refractivity contribution >= 4 is 5.78 Å². The number of ketones is 1. The predicted octanol–water partition coefficient (Wildman–Crippen LogP) is 3.72. The summed E-state index contributed by atoms with van der Waals surface area (Å²) in [5, 5.41) is 10.5. The second kappa shape index (κ2) is 5.90. The van der Waals surface area contributed by atoms with Gasteiger partial charge in [0.2, 0.25) is 0 Å². The molecular formula is C19H16O2. The van der Waals surface area contributed by atoms with Crippen LogP contribution in [0.1, 0.15) is 22.0 Å². The van der Waals surface area contributed by atoms with E-state index in [9.17, 15) is 9.90 Å². The molecule has 21 heavy (non-hydrogen) atoms. The van der Waals surface area contributed by atoms with E-state index in [1.165, 1.54) is 0 Å². The molecule has 0 amide bonds. The number of carbonyl (C=O) groups is 1. The Labute approximate surface area is 124 Å². The van der Waals surface area contributed by atoms with E-state index in [-0.39, 0.29) is 11.7 Å². The molecule has 0 aromatic heterocycles. The lowest BCUT2D eigenvalue weighted by Crippen LogP contribution is -2.17. The topological polar surface area (TPSA) is 37.3 Å². The van der Waals surface area contributed by atoms with Crippen LogP contribution in [0, 0.1) is 5.92 Å². The Kier molecular flexibility index (Phi) is 3.80. The Morgan fingerprint density at radius 3 is 2.24 bits per heavy atom. The minimum Gasteiger partial charge on any atom is -0.387 e. The highest BCUT2D eigenvalue weighted by Crippen LogP contribution is 2.34. The van der Waals surface area contributed by atoms with Crippen molar-refractivity contribution < 1.29 is 9.90 Å². The number of aliphatic hydroxyl groups excluding tert-OH is 1. The van der Waals surface area contributed by atoms with E-state index >= 15 is 0 Å². The average molecular weight is 276 g/mol. The van der Waals surface area contributed by atoms with E-state index < -0.39 is 6.10 Å². The highest BCUT2D eigenvalue weighted by Gasteiger charge is 2.29. The Balaban J connectivity index is 1.86. The lowest BCUT2D eigenvalue weighted by molar-refractivity contribution is 0.0981. The maximum Gasteiger partial charge on any atom is 0.189 e. The van der Waals surface area contributed by atoms with Crippen molar-refractivity contribution in [2.45, 2.75) is 6.10 Å². The van der Waals surface area contributed by atoms with Gasteiger partial charge in [-0.25, -0.2) is 0 Å². The monoisotopic (exact) mass is 276 g/mol. The lowest BCUT2D eigenvalue weighted by Gasteiger charge is -2.20. The number of benzene rings is 2. The third kappa shape index (κ3) is 2.71. The van der Waals surface area contributed by atoms with Gasteiger partial charge in [0.1, 0.15) is 0 Å². The quantitative estimate of drug-likeness (QED) is 0.864. The molecule has 2 nitrogen and oxygen atoms in total. The SMILES string of the molecule is O=C(C1=CC=CC1C(O)c1ccccc1)c1ccccc1. The summed E-state index contributed by atoms with van der Waals surface area (Å²) in [6.07, 6.45) is 4.82. The molecule has 0 bridgehead atoms. The molecule has 2 heteroatoms. The zero-order chi connectivity index (χ0) is 14.7. The summed E-state index contributed by atoms with van der Waals surface area (Å²) in [5.74, 6) is -0.319. The molecule has 2 aromatic rings. The number of carbonyl (C=O) groups excluding carboxylic acids is 1. The first kappa shape index (κ1) is 13.5. The van der Waals surface area contributed by atoms with Gasteiger partial charge < -0.3 is 5.11 Å². The fourth-order valence-corrected chi connectivity index (χ4v) is 2.61. The lowest BCUT2D eigenvalue weighted by atomic mass is 9.87. The first-order chi connectivity index (χ1) is 10.3. The Morgan fingerprint density at radius 2 is 1.57 bits per heavy atom. The van der Waals surface area contributed by atoms with Crippen molar-refractivity contribution in [3.8, 4) is 0 Å². The molecule has 0 fully saturated rings. The number of hydrogen-bond donors (Lipinski definition) is 1. The standard InChI is InChI=1S/C19H16O2/c20-18(14-8-3-1-4-9-14)16-12-7-13-17(16)19(21)15-10-5-2-6-11-15/h1-13,16,18,20H. The normalized spacial score (nSPS) is 18.3. The van der Waals surface area contributed by atoms with E-state index in [4.69, 9.17) is 0 Å². The molecule has 0 saturated heterocycles. The van der Waals surface area contributed by atoms with E-state index in [2.05, 4.69) is 0 Å². The second-order valence-corrected chi connectivity index (χ2v) is 5.08. The molecule has 1 aliphatic carbocycles. The summed E-state index contributed by atoms with van der Waals surface area (Å²) >= 11 is 0. The molecule has 1 aliphatic rings. The molecule has 0 radical (unpaired) electrons. The van der Waals surface area contributed by atoms with Crippen molar-refractivity contribution in [3.63, 3.8) is 0 Å². The molecule has 0 saturated carbocycles. The van der Waals surface area contributed by atoms with E-state index in [0.717, 1.165) is 5.56 Å². The van der Waals surface area contributed by atoms with Crippen molar-refractivity contribution in [1.29, 1.82) is 0 Å². The van der Waals surface area contributed by atoms with Gasteiger partial charge in [0.15, 0.2) is 5.78 Å². The van der Waals surface area contributed by atoms with Crippen LogP contribution >= 0.6 is 0 Å². The maximum atomic E-state index is 12.6. The minimum absolute atomic E-state index is 0.0272. The van der Waals surface area contributed by atoms with Crippen LogP contribution in [0.25, 0.3) is 0 Å². The van der Waals surface area contributed by atoms with Crippen LogP contribution in [-0.2, 0) is 0 Å². The van der Waals surface area contributed by atoms with Gasteiger partial charge in [-0.05, 0) is 5.56 Å². The van der Waals surface area contributed by atoms with Gasteiger partial charge in [-0.2, -0.15) is 0 Å². The number of Topliss-reactive ketones (excluding diaryl/α,β-unsaturated/α-hetero) is 1. The van der Waals surface area contributed by atoms with Gasteiger partial charge in [0.05, 0.1) is 6.10 Å². The van der Waals surface area contributed by atoms with Crippen molar-refractivity contribution in [2.24, 2.45) is 5.92 Å². The molecule has 2 aromatic carbocycles. The fourth-order valence-electron chi connectivity index (χ4n) is 2.61. The molecule has 3 rings (SSSR count). The van der Waals surface area contributed by atoms with Gasteiger partial charge >= 0.3 is 0 Å². The largest absolute Gasteiger partial charge is 0.387 e. The third-order valence-electron chi connectivity index (χ3n) is 3.73. The van der Waals surface area contributed by atoms with E-state index in [1.807, 2.05) is 60.7 Å². The number of rotatable bonds is 4. The maximum absolute atomic E-state index is 12.6. The average Bonchev–Trinajstić information content (AvgIpc) is 3.04. The van der Waals surface area contributed by atoms with Crippen LogP contribution in [0.2, 0.25) is 0 Å². The number of aliphatic hydroxyl groups is 1. The van der Waals surface area contributed by atoms with Crippen molar-refractivity contribution in [3.05, 3.63) is 95.6 Å². The zero-order valence-electron chi connectivity index (χ0n) is 11.5. The molecule has 0 aliphatic heterocycles. The van der Waals surface area contributed by atoms with Gasteiger partial charge in [-0.1, -0.05) is 78.9 Å². The summed E-state index contributed by atoms with van der Waals surface area (Å²) in [6.45, 7) is 0. The van der Waals surface area contributed by atoms with Gasteiger partial charge in [-0.15, -0.1) is 0 Å². The van der Waals surface area contributed by atoms with Crippen LogP contribution in [0.3, 0.4) is 0 Å². The van der Waals surface area contributed by atoms with Crippen LogP contribution in [-0.4, -0.2) is 10.9 Å². The molecular weight excluding hydrogens is 260 g/mol. The molecule has 104 valence electrons. The molecule has 1 N–H and O–H groups in total. The molecule has 0 spiro atoms. The van der Waals surface area contributed by atoms with Crippen molar-refractivity contribution in [2.75, 3.05) is 0 Å². The smallest absolute Gasteiger partial charge is 0.189 e. The van der Waals surface area contributed by atoms with Gasteiger partial charge in [0, 0.05) is 17.1 Å². The van der Waals surface area contributed by atoms with Gasteiger partial charge in [0.25, 0.3) is 0 Å². The Bertz CT molecular complexity index is 684. The highest BCUT2D eigenvalue weighted by molar-refractivity contribution is 6.09. The predicted molar refractivity (Wildman–Crippen MR) is 82.9 cm³/mol. The second-order valence-electron chi connectivity index (χ2n) is 5.08. The van der Waals surface area contributed by atoms with E-state index in [1.54, 1.807) is 18.2 Å². The first-order valence-corrected chi connectivity index (χ1v) is 6.98. The summed E-state index contributed by atoms with van der Waals surface area (Å²) in [4.78, 5) is 12.6. The third-order valence-corrected chi connectivity index (χ3v) is 3.73. The zero-order valence-corrected chi connectivity index (χ0v) is 11.5. The van der Waals surface area contributed by atoms with Crippen LogP contribution < -0.4 is 0 Å². The molecule has 2 atom stereocenters. The van der Waals surface area contributed by atoms with Gasteiger partial charge in [-0.3, -0.25) is 4.79 Å². The first-order valence-electron chi connectivity index (χ1n) is 6.98.